The number of halogens is 1. The molecule has 4 rings (SSSR count). The number of hydrogen-bond acceptors (Lipinski definition) is 2. The number of amides is 1. The van der Waals surface area contributed by atoms with Crippen LogP contribution in [0.5, 0.6) is 0 Å². The fourth-order valence-corrected chi connectivity index (χ4v) is 4.12. The van der Waals surface area contributed by atoms with E-state index in [4.69, 9.17) is 16.6 Å². The molecule has 0 spiro atoms. The van der Waals surface area contributed by atoms with Gasteiger partial charge >= 0.3 is 0 Å². The van der Waals surface area contributed by atoms with E-state index in [9.17, 15) is 4.79 Å². The molecule has 0 aliphatic heterocycles. The van der Waals surface area contributed by atoms with Gasteiger partial charge in [0.05, 0.1) is 6.04 Å². The number of nitrogens with one attached hydrogen (secondary N) is 1. The summed E-state index contributed by atoms with van der Waals surface area (Å²) in [6.07, 6.45) is 0.963. The van der Waals surface area contributed by atoms with Gasteiger partial charge in [0.15, 0.2) is 0 Å². The zero-order valence-corrected chi connectivity index (χ0v) is 19.9. The van der Waals surface area contributed by atoms with Crippen molar-refractivity contribution in [3.63, 3.8) is 0 Å². The summed E-state index contributed by atoms with van der Waals surface area (Å²) in [5.41, 5.74) is 5.42. The second-order valence-electron chi connectivity index (χ2n) is 8.04. The monoisotopic (exact) mass is 457 g/mol. The molecule has 1 unspecified atom stereocenters. The predicted molar refractivity (Wildman–Crippen MR) is 135 cm³/mol. The maximum Gasteiger partial charge on any atom is 0.270 e. The van der Waals surface area contributed by atoms with Gasteiger partial charge < -0.3 is 9.88 Å². The molecule has 0 fully saturated rings. The average molecular weight is 458 g/mol. The molecule has 1 heterocycles. The molecule has 4 aromatic rings. The van der Waals surface area contributed by atoms with E-state index in [0.29, 0.717) is 23.0 Å². The highest BCUT2D eigenvalue weighted by molar-refractivity contribution is 6.30. The lowest BCUT2D eigenvalue weighted by atomic mass is 10.1. The molecular weight excluding hydrogens is 430 g/mol. The molecule has 0 aliphatic carbocycles. The van der Waals surface area contributed by atoms with E-state index < -0.39 is 0 Å². The summed E-state index contributed by atoms with van der Waals surface area (Å²) >= 11 is 6.03. The summed E-state index contributed by atoms with van der Waals surface area (Å²) < 4.78 is 2.00. The maximum atomic E-state index is 13.6. The highest BCUT2D eigenvalue weighted by Crippen LogP contribution is 2.30. The Morgan fingerprint density at radius 1 is 0.939 bits per heavy atom. The SMILES string of the molecule is CCc1ccc(-c2nc(-c3ccccc3)n(CC)c2C(=O)NC(C)c2ccc(Cl)cc2)cc1. The van der Waals surface area contributed by atoms with Crippen molar-refractivity contribution >= 4 is 17.5 Å². The molecule has 1 aromatic heterocycles. The zero-order valence-electron chi connectivity index (χ0n) is 19.2. The quantitative estimate of drug-likeness (QED) is 0.326. The largest absolute Gasteiger partial charge is 0.344 e. The number of carbonyl (C=O) groups excluding carboxylic acids is 1. The van der Waals surface area contributed by atoms with E-state index in [1.807, 2.05) is 73.0 Å². The topological polar surface area (TPSA) is 46.9 Å². The van der Waals surface area contributed by atoms with Crippen molar-refractivity contribution in [1.82, 2.24) is 14.9 Å². The number of carbonyl (C=O) groups is 1. The molecule has 4 nitrogen and oxygen atoms in total. The van der Waals surface area contributed by atoms with E-state index in [-0.39, 0.29) is 11.9 Å². The first-order valence-electron chi connectivity index (χ1n) is 11.3. The molecule has 5 heteroatoms. The lowest BCUT2D eigenvalue weighted by Crippen LogP contribution is -2.29. The number of aromatic nitrogens is 2. The molecule has 33 heavy (non-hydrogen) atoms. The lowest BCUT2D eigenvalue weighted by Gasteiger charge is -2.16. The lowest BCUT2D eigenvalue weighted by molar-refractivity contribution is 0.0931. The number of nitrogens with zero attached hydrogens (tertiary/aromatic N) is 2. The number of rotatable bonds is 7. The fourth-order valence-electron chi connectivity index (χ4n) is 4.00. The van der Waals surface area contributed by atoms with Crippen LogP contribution in [0.15, 0.2) is 78.9 Å². The molecule has 1 atom stereocenters. The standard InChI is InChI=1S/C28H28ClN3O/c1-4-20-11-13-22(14-12-20)25-26(28(33)30-19(3)21-15-17-24(29)18-16-21)32(5-2)27(31-25)23-9-7-6-8-10-23/h6-19H,4-5H2,1-3H3,(H,30,33). The van der Waals surface area contributed by atoms with Crippen molar-refractivity contribution in [2.45, 2.75) is 39.8 Å². The van der Waals surface area contributed by atoms with Gasteiger partial charge in [-0.3, -0.25) is 4.79 Å². The Morgan fingerprint density at radius 2 is 1.61 bits per heavy atom. The summed E-state index contributed by atoms with van der Waals surface area (Å²) in [6.45, 7) is 6.77. The van der Waals surface area contributed by atoms with Crippen LogP contribution >= 0.6 is 11.6 Å². The summed E-state index contributed by atoms with van der Waals surface area (Å²) in [7, 11) is 0. The first kappa shape index (κ1) is 22.8. The Bertz CT molecular complexity index is 1230. The smallest absolute Gasteiger partial charge is 0.270 e. The van der Waals surface area contributed by atoms with Gasteiger partial charge in [0.2, 0.25) is 0 Å². The van der Waals surface area contributed by atoms with Crippen LogP contribution in [0.4, 0.5) is 0 Å². The molecule has 168 valence electrons. The van der Waals surface area contributed by atoms with Crippen molar-refractivity contribution in [3.8, 4) is 22.6 Å². The van der Waals surface area contributed by atoms with Gasteiger partial charge in [-0.05, 0) is 43.5 Å². The summed E-state index contributed by atoms with van der Waals surface area (Å²) in [4.78, 5) is 18.6. The second-order valence-corrected chi connectivity index (χ2v) is 8.48. The van der Waals surface area contributed by atoms with Crippen molar-refractivity contribution in [3.05, 3.63) is 101 Å². The van der Waals surface area contributed by atoms with Crippen LogP contribution in [-0.4, -0.2) is 15.5 Å². The summed E-state index contributed by atoms with van der Waals surface area (Å²) in [5.74, 6) is 0.639. The number of hydrogen-bond donors (Lipinski definition) is 1. The van der Waals surface area contributed by atoms with E-state index in [1.54, 1.807) is 0 Å². The first-order valence-corrected chi connectivity index (χ1v) is 11.7. The van der Waals surface area contributed by atoms with Gasteiger partial charge in [-0.15, -0.1) is 0 Å². The molecule has 3 aromatic carbocycles. The fraction of sp³-hybridized carbons (Fsp3) is 0.214. The van der Waals surface area contributed by atoms with Crippen molar-refractivity contribution in [2.75, 3.05) is 0 Å². The van der Waals surface area contributed by atoms with Crippen LogP contribution in [0.2, 0.25) is 5.02 Å². The van der Waals surface area contributed by atoms with Crippen LogP contribution < -0.4 is 5.32 Å². The highest BCUT2D eigenvalue weighted by atomic mass is 35.5. The van der Waals surface area contributed by atoms with Gasteiger partial charge in [0.25, 0.3) is 5.91 Å². The third-order valence-electron chi connectivity index (χ3n) is 5.88. The predicted octanol–water partition coefficient (Wildman–Crippen LogP) is 6.94. The van der Waals surface area contributed by atoms with Gasteiger partial charge in [-0.25, -0.2) is 4.98 Å². The van der Waals surface area contributed by atoms with Gasteiger partial charge in [-0.1, -0.05) is 85.3 Å². The van der Waals surface area contributed by atoms with E-state index >= 15 is 0 Å². The minimum absolute atomic E-state index is 0.149. The van der Waals surface area contributed by atoms with Crippen LogP contribution in [-0.2, 0) is 13.0 Å². The van der Waals surface area contributed by atoms with Crippen molar-refractivity contribution in [2.24, 2.45) is 0 Å². The van der Waals surface area contributed by atoms with Crippen molar-refractivity contribution < 1.29 is 4.79 Å². The zero-order chi connectivity index (χ0) is 23.4. The maximum absolute atomic E-state index is 13.6. The normalized spacial score (nSPS) is 11.9. The molecule has 1 amide bonds. The Balaban J connectivity index is 1.79. The Labute approximate surface area is 200 Å². The van der Waals surface area contributed by atoms with Crippen LogP contribution in [0.1, 0.15) is 48.4 Å². The average Bonchev–Trinajstić information content (AvgIpc) is 3.25. The van der Waals surface area contributed by atoms with Crippen LogP contribution in [0.25, 0.3) is 22.6 Å². The summed E-state index contributed by atoms with van der Waals surface area (Å²) in [5, 5.41) is 3.83. The number of benzene rings is 3. The second kappa shape index (κ2) is 10.1. The number of aryl methyl sites for hydroxylation is 1. The molecule has 0 aliphatic rings. The van der Waals surface area contributed by atoms with Crippen molar-refractivity contribution in [1.29, 1.82) is 0 Å². The minimum Gasteiger partial charge on any atom is -0.344 e. The molecule has 0 radical (unpaired) electrons. The first-order chi connectivity index (χ1) is 16.0. The molecular formula is C28H28ClN3O. The number of imidazole rings is 1. The summed E-state index contributed by atoms with van der Waals surface area (Å²) in [6, 6.07) is 25.7. The van der Waals surface area contributed by atoms with Crippen LogP contribution in [0, 0.1) is 0 Å². The van der Waals surface area contributed by atoms with Gasteiger partial charge in [-0.2, -0.15) is 0 Å². The van der Waals surface area contributed by atoms with E-state index in [0.717, 1.165) is 28.9 Å². The highest BCUT2D eigenvalue weighted by Gasteiger charge is 2.25. The van der Waals surface area contributed by atoms with Gasteiger partial charge in [0, 0.05) is 22.7 Å². The molecule has 0 saturated heterocycles. The Hall–Kier alpha value is -3.37. The van der Waals surface area contributed by atoms with E-state index in [1.165, 1.54) is 5.56 Å². The minimum atomic E-state index is -0.175. The Kier molecular flexibility index (Phi) is 6.95. The Morgan fingerprint density at radius 3 is 2.21 bits per heavy atom. The molecule has 0 saturated carbocycles. The third kappa shape index (κ3) is 4.86. The third-order valence-corrected chi connectivity index (χ3v) is 6.14. The van der Waals surface area contributed by atoms with Crippen LogP contribution in [0.3, 0.4) is 0 Å². The molecule has 1 N–H and O–H groups in total. The van der Waals surface area contributed by atoms with E-state index in [2.05, 4.69) is 36.5 Å². The van der Waals surface area contributed by atoms with Gasteiger partial charge in [0.1, 0.15) is 17.2 Å². The molecule has 0 bridgehead atoms.